The Morgan fingerprint density at radius 3 is 2.00 bits per heavy atom. The zero-order valence-electron chi connectivity index (χ0n) is 27.9. The second kappa shape index (κ2) is 19.5. The van der Waals surface area contributed by atoms with Gasteiger partial charge in [0.15, 0.2) is 0 Å². The number of aromatic nitrogens is 2. The fourth-order valence-electron chi connectivity index (χ4n) is 5.31. The Labute approximate surface area is 287 Å². The smallest absolute Gasteiger partial charge is 0.408 e. The van der Waals surface area contributed by atoms with E-state index in [4.69, 9.17) is 9.47 Å². The lowest BCUT2D eigenvalue weighted by molar-refractivity contribution is -0.125. The van der Waals surface area contributed by atoms with Crippen molar-refractivity contribution in [1.82, 2.24) is 25.9 Å². The van der Waals surface area contributed by atoms with E-state index in [2.05, 4.69) is 25.9 Å². The molecular weight excluding hydrogens is 622 g/mol. The van der Waals surface area contributed by atoms with E-state index < -0.39 is 42.3 Å². The fraction of sp³-hybridized carbons (Fsp3) is 0.342. The van der Waals surface area contributed by atoms with Crippen molar-refractivity contribution in [1.29, 1.82) is 0 Å². The molecule has 0 spiro atoms. The van der Waals surface area contributed by atoms with Gasteiger partial charge in [-0.25, -0.2) is 9.59 Å². The number of benzene rings is 2. The van der Waals surface area contributed by atoms with Crippen molar-refractivity contribution in [2.75, 3.05) is 0 Å². The van der Waals surface area contributed by atoms with Gasteiger partial charge in [-0.15, -0.1) is 0 Å². The second-order valence-electron chi connectivity index (χ2n) is 12.0. The highest BCUT2D eigenvalue weighted by molar-refractivity contribution is 5.86. The molecule has 4 aromatic rings. The lowest BCUT2D eigenvalue weighted by atomic mass is 9.92. The molecule has 2 aromatic heterocycles. The highest BCUT2D eigenvalue weighted by atomic mass is 16.6. The van der Waals surface area contributed by atoms with Gasteiger partial charge in [0.1, 0.15) is 19.3 Å². The number of aliphatic hydroxyl groups is 1. The Hall–Kier alpha value is -5.29. The number of hydrogen-bond donors (Lipinski definition) is 4. The van der Waals surface area contributed by atoms with Gasteiger partial charge in [-0.2, -0.15) is 0 Å². The van der Waals surface area contributed by atoms with Crippen molar-refractivity contribution in [3.63, 3.8) is 0 Å². The Morgan fingerprint density at radius 2 is 1.37 bits per heavy atom. The number of amides is 3. The van der Waals surface area contributed by atoms with Crippen molar-refractivity contribution >= 4 is 18.1 Å². The van der Waals surface area contributed by atoms with Crippen molar-refractivity contribution in [3.05, 3.63) is 132 Å². The van der Waals surface area contributed by atoms with Crippen molar-refractivity contribution in [2.24, 2.45) is 5.92 Å². The van der Waals surface area contributed by atoms with E-state index in [0.29, 0.717) is 25.0 Å². The summed E-state index contributed by atoms with van der Waals surface area (Å²) in [7, 11) is 0. The number of carbonyl (C=O) groups excluding carboxylic acids is 3. The summed E-state index contributed by atoms with van der Waals surface area (Å²) in [5, 5.41) is 20.3. The molecule has 0 aliphatic rings. The van der Waals surface area contributed by atoms with Crippen LogP contribution in [-0.2, 0) is 40.3 Å². The molecule has 0 aliphatic carbocycles. The normalized spacial score (nSPS) is 13.9. The van der Waals surface area contributed by atoms with Crippen molar-refractivity contribution < 1.29 is 29.0 Å². The molecule has 3 amide bonds. The molecule has 0 bridgehead atoms. The number of carbonyl (C=O) groups is 3. The third kappa shape index (κ3) is 12.7. The maximum atomic E-state index is 13.8. The minimum absolute atomic E-state index is 0.0226. The van der Waals surface area contributed by atoms with Crippen LogP contribution in [0.15, 0.2) is 110 Å². The molecule has 49 heavy (non-hydrogen) atoms. The van der Waals surface area contributed by atoms with Crippen molar-refractivity contribution in [3.8, 4) is 0 Å². The van der Waals surface area contributed by atoms with Gasteiger partial charge in [0, 0.05) is 30.2 Å². The number of ether oxygens (including phenoxy) is 2. The van der Waals surface area contributed by atoms with Crippen LogP contribution >= 0.6 is 0 Å². The summed E-state index contributed by atoms with van der Waals surface area (Å²) >= 11 is 0. The Balaban J connectivity index is 1.47. The van der Waals surface area contributed by atoms with Gasteiger partial charge in [-0.05, 0) is 54.5 Å². The third-order valence-corrected chi connectivity index (χ3v) is 8.20. The maximum Gasteiger partial charge on any atom is 0.408 e. The van der Waals surface area contributed by atoms with Crippen LogP contribution < -0.4 is 16.0 Å². The largest absolute Gasteiger partial charge is 0.445 e. The van der Waals surface area contributed by atoms with Gasteiger partial charge in [0.05, 0.1) is 17.8 Å². The summed E-state index contributed by atoms with van der Waals surface area (Å²) in [6.07, 6.45) is 3.84. The van der Waals surface area contributed by atoms with Crippen LogP contribution in [-0.4, -0.2) is 57.4 Å². The Morgan fingerprint density at radius 1 is 0.735 bits per heavy atom. The van der Waals surface area contributed by atoms with Gasteiger partial charge in [-0.3, -0.25) is 14.8 Å². The maximum absolute atomic E-state index is 13.8. The Bertz CT molecular complexity index is 1560. The zero-order valence-corrected chi connectivity index (χ0v) is 27.9. The van der Waals surface area contributed by atoms with E-state index in [1.54, 1.807) is 48.9 Å². The van der Waals surface area contributed by atoms with E-state index >= 15 is 0 Å². The molecule has 11 nitrogen and oxygen atoms in total. The number of hydrogen-bond acceptors (Lipinski definition) is 8. The summed E-state index contributed by atoms with van der Waals surface area (Å²) < 4.78 is 10.8. The summed E-state index contributed by atoms with van der Waals surface area (Å²) in [6, 6.07) is 25.8. The molecule has 0 saturated heterocycles. The lowest BCUT2D eigenvalue weighted by Crippen LogP contribution is -2.54. The monoisotopic (exact) mass is 667 g/mol. The molecule has 258 valence electrons. The van der Waals surface area contributed by atoms with Crippen LogP contribution in [0.25, 0.3) is 0 Å². The Kier molecular flexibility index (Phi) is 14.6. The first-order valence-electron chi connectivity index (χ1n) is 16.5. The molecule has 5 atom stereocenters. The van der Waals surface area contributed by atoms with Gasteiger partial charge in [-0.1, -0.05) is 93.1 Å². The number of aliphatic hydroxyl groups excluding tert-OH is 1. The summed E-state index contributed by atoms with van der Waals surface area (Å²) in [4.78, 5) is 47.7. The van der Waals surface area contributed by atoms with Gasteiger partial charge >= 0.3 is 12.2 Å². The molecule has 0 fully saturated rings. The van der Waals surface area contributed by atoms with Crippen LogP contribution in [0.5, 0.6) is 0 Å². The first kappa shape index (κ1) is 36.5. The van der Waals surface area contributed by atoms with Gasteiger partial charge in [0.2, 0.25) is 5.91 Å². The zero-order chi connectivity index (χ0) is 34.8. The van der Waals surface area contributed by atoms with Crippen LogP contribution in [0, 0.1) is 5.92 Å². The van der Waals surface area contributed by atoms with Crippen LogP contribution in [0.1, 0.15) is 49.1 Å². The SMILES string of the molecule is CC[C@H](C)[C@H](NC(=O)OCc1ccccn1)C(=O)N[C@@H](Cc1ccccc1)C[C@H](O)[C@H](Cc1ccccc1)NC(=O)OCc1cccnc1. The number of pyridine rings is 2. The first-order chi connectivity index (χ1) is 23.8. The first-order valence-corrected chi connectivity index (χ1v) is 16.5. The molecule has 2 heterocycles. The molecule has 4 N–H and O–H groups in total. The molecule has 0 radical (unpaired) electrons. The highest BCUT2D eigenvalue weighted by Crippen LogP contribution is 2.16. The lowest BCUT2D eigenvalue weighted by Gasteiger charge is -2.30. The van der Waals surface area contributed by atoms with E-state index in [0.717, 1.165) is 16.7 Å². The number of rotatable bonds is 17. The van der Waals surface area contributed by atoms with Gasteiger partial charge in [0.25, 0.3) is 0 Å². The summed E-state index contributed by atoms with van der Waals surface area (Å²) in [5.41, 5.74) is 3.17. The molecule has 0 unspecified atom stereocenters. The summed E-state index contributed by atoms with van der Waals surface area (Å²) in [5.74, 6) is -0.618. The molecule has 0 saturated carbocycles. The van der Waals surface area contributed by atoms with Crippen molar-refractivity contribution in [2.45, 2.75) is 77.0 Å². The molecule has 11 heteroatoms. The van der Waals surface area contributed by atoms with E-state index in [1.165, 1.54) is 0 Å². The third-order valence-electron chi connectivity index (χ3n) is 8.20. The number of nitrogens with one attached hydrogen (secondary N) is 3. The average molecular weight is 668 g/mol. The van der Waals surface area contributed by atoms with Crippen LogP contribution in [0.4, 0.5) is 9.59 Å². The topological polar surface area (TPSA) is 152 Å². The predicted octanol–water partition coefficient (Wildman–Crippen LogP) is 5.13. The fourth-order valence-corrected chi connectivity index (χ4v) is 5.31. The van der Waals surface area contributed by atoms with Crippen LogP contribution in [0.2, 0.25) is 0 Å². The molecule has 2 aromatic carbocycles. The van der Waals surface area contributed by atoms with Gasteiger partial charge < -0.3 is 30.5 Å². The summed E-state index contributed by atoms with van der Waals surface area (Å²) in [6.45, 7) is 3.80. The minimum atomic E-state index is -1.07. The predicted molar refractivity (Wildman–Crippen MR) is 185 cm³/mol. The number of alkyl carbamates (subject to hydrolysis) is 2. The average Bonchev–Trinajstić information content (AvgIpc) is 3.13. The molecular formula is C38H45N5O6. The second-order valence-corrected chi connectivity index (χ2v) is 12.0. The quantitative estimate of drug-likeness (QED) is 0.121. The highest BCUT2D eigenvalue weighted by Gasteiger charge is 2.31. The minimum Gasteiger partial charge on any atom is -0.445 e. The number of nitrogens with zero attached hydrogens (tertiary/aromatic N) is 2. The molecule has 4 rings (SSSR count). The van der Waals surface area contributed by atoms with Crippen LogP contribution in [0.3, 0.4) is 0 Å². The van der Waals surface area contributed by atoms with E-state index in [-0.39, 0.29) is 25.6 Å². The van der Waals surface area contributed by atoms with E-state index in [9.17, 15) is 19.5 Å². The van der Waals surface area contributed by atoms with E-state index in [1.807, 2.05) is 74.5 Å². The standard InChI is InChI=1S/C38H45N5O6/c1-3-27(2)35(43-38(47)49-26-31-18-10-11-20-40-31)36(45)41-32(21-28-13-6-4-7-14-28)23-34(44)33(22-29-15-8-5-9-16-29)42-37(46)48-25-30-17-12-19-39-24-30/h4-20,24,27,32-35,44H,3,21-23,25-26H2,1-2H3,(H,41,45)(H,42,46)(H,43,47)/t27-,32-,33-,34-,35-/m0/s1. The molecule has 0 aliphatic heterocycles.